The minimum Gasteiger partial charge on any atom is -0.396 e. The Kier molecular flexibility index (Phi) is 6.21. The molecule has 0 amide bonds. The van der Waals surface area contributed by atoms with Gasteiger partial charge >= 0.3 is 5.69 Å². The van der Waals surface area contributed by atoms with Crippen LogP contribution in [-0.4, -0.2) is 28.2 Å². The minimum absolute atomic E-state index is 0.000697. The van der Waals surface area contributed by atoms with Crippen molar-refractivity contribution >= 4 is 11.5 Å². The fraction of sp³-hybridized carbons (Fsp3) is 0.615. The van der Waals surface area contributed by atoms with Crippen molar-refractivity contribution in [3.63, 3.8) is 0 Å². The van der Waals surface area contributed by atoms with Crippen LogP contribution in [0, 0.1) is 23.0 Å². The lowest BCUT2D eigenvalue weighted by atomic mass is 10.0. The predicted molar refractivity (Wildman–Crippen MR) is 74.2 cm³/mol. The molecule has 1 unspecified atom stereocenters. The molecule has 106 valence electrons. The summed E-state index contributed by atoms with van der Waals surface area (Å²) in [6.07, 6.45) is 4.31. The van der Waals surface area contributed by atoms with E-state index in [4.69, 9.17) is 5.11 Å². The van der Waals surface area contributed by atoms with Crippen molar-refractivity contribution < 1.29 is 10.0 Å². The molecule has 0 aliphatic heterocycles. The van der Waals surface area contributed by atoms with E-state index in [9.17, 15) is 10.1 Å². The number of aliphatic hydroxyl groups is 1. The molecule has 0 bridgehead atoms. The van der Waals surface area contributed by atoms with E-state index in [-0.39, 0.29) is 12.3 Å². The van der Waals surface area contributed by atoms with Gasteiger partial charge in [0.15, 0.2) is 0 Å². The number of aliphatic hydroxyl groups excluding tert-OH is 1. The molecule has 1 atom stereocenters. The molecule has 2 N–H and O–H groups in total. The summed E-state index contributed by atoms with van der Waals surface area (Å²) in [7, 11) is 0. The van der Waals surface area contributed by atoms with Gasteiger partial charge in [-0.25, -0.2) is 4.98 Å². The molecule has 1 heterocycles. The van der Waals surface area contributed by atoms with Crippen LogP contribution in [0.2, 0.25) is 0 Å². The predicted octanol–water partition coefficient (Wildman–Crippen LogP) is 2.51. The largest absolute Gasteiger partial charge is 0.396 e. The summed E-state index contributed by atoms with van der Waals surface area (Å²) in [5, 5.41) is 23.0. The van der Waals surface area contributed by atoms with Crippen LogP contribution in [0.15, 0.2) is 12.3 Å². The third kappa shape index (κ3) is 4.82. The lowest BCUT2D eigenvalue weighted by Gasteiger charge is -2.16. The second-order valence-electron chi connectivity index (χ2n) is 4.69. The SMILES string of the molecule is CCCC(CCO)CNc1ncc(C)cc1[N+](=O)[O-]. The molecule has 0 aromatic carbocycles. The first-order valence-corrected chi connectivity index (χ1v) is 6.54. The smallest absolute Gasteiger partial charge is 0.311 e. The first kappa shape index (κ1) is 15.4. The minimum atomic E-state index is -0.427. The van der Waals surface area contributed by atoms with Crippen molar-refractivity contribution in [1.29, 1.82) is 0 Å². The highest BCUT2D eigenvalue weighted by atomic mass is 16.6. The Labute approximate surface area is 113 Å². The van der Waals surface area contributed by atoms with Crippen molar-refractivity contribution in [2.75, 3.05) is 18.5 Å². The Morgan fingerprint density at radius 2 is 2.26 bits per heavy atom. The molecular weight excluding hydrogens is 246 g/mol. The molecule has 6 nitrogen and oxygen atoms in total. The molecule has 0 saturated carbocycles. The van der Waals surface area contributed by atoms with Crippen molar-refractivity contribution in [2.24, 2.45) is 5.92 Å². The third-order valence-corrected chi connectivity index (χ3v) is 2.99. The number of hydrogen-bond acceptors (Lipinski definition) is 5. The molecule has 1 rings (SSSR count). The van der Waals surface area contributed by atoms with Gasteiger partial charge in [0.05, 0.1) is 4.92 Å². The summed E-state index contributed by atoms with van der Waals surface area (Å²) < 4.78 is 0. The van der Waals surface area contributed by atoms with Crippen molar-refractivity contribution in [1.82, 2.24) is 4.98 Å². The van der Waals surface area contributed by atoms with E-state index in [1.54, 1.807) is 13.1 Å². The van der Waals surface area contributed by atoms with Gasteiger partial charge in [-0.3, -0.25) is 10.1 Å². The van der Waals surface area contributed by atoms with E-state index in [1.165, 1.54) is 6.07 Å². The third-order valence-electron chi connectivity index (χ3n) is 2.99. The molecule has 19 heavy (non-hydrogen) atoms. The maximum atomic E-state index is 11.0. The fourth-order valence-corrected chi connectivity index (χ4v) is 2.01. The number of nitrogens with one attached hydrogen (secondary N) is 1. The van der Waals surface area contributed by atoms with Crippen LogP contribution in [0.5, 0.6) is 0 Å². The summed E-state index contributed by atoms with van der Waals surface area (Å²) in [4.78, 5) is 14.6. The maximum Gasteiger partial charge on any atom is 0.311 e. The number of nitro groups is 1. The van der Waals surface area contributed by atoms with Crippen molar-refractivity contribution in [3.05, 3.63) is 27.9 Å². The van der Waals surface area contributed by atoms with Crippen molar-refractivity contribution in [2.45, 2.75) is 33.1 Å². The zero-order chi connectivity index (χ0) is 14.3. The van der Waals surface area contributed by atoms with Gasteiger partial charge in [-0.2, -0.15) is 0 Å². The van der Waals surface area contributed by atoms with Crippen LogP contribution in [-0.2, 0) is 0 Å². The highest BCUT2D eigenvalue weighted by Crippen LogP contribution is 2.23. The fourth-order valence-electron chi connectivity index (χ4n) is 2.01. The first-order chi connectivity index (χ1) is 9.08. The molecular formula is C13H21N3O3. The van der Waals surface area contributed by atoms with E-state index in [2.05, 4.69) is 17.2 Å². The Morgan fingerprint density at radius 3 is 2.84 bits per heavy atom. The summed E-state index contributed by atoms with van der Waals surface area (Å²) in [5.74, 6) is 0.604. The van der Waals surface area contributed by atoms with Gasteiger partial charge in [-0.15, -0.1) is 0 Å². The van der Waals surface area contributed by atoms with E-state index < -0.39 is 4.92 Å². The molecule has 0 fully saturated rings. The number of pyridine rings is 1. The van der Waals surface area contributed by atoms with Gasteiger partial charge in [0.25, 0.3) is 0 Å². The molecule has 0 spiro atoms. The highest BCUT2D eigenvalue weighted by Gasteiger charge is 2.16. The normalized spacial score (nSPS) is 12.2. The molecule has 0 saturated heterocycles. The van der Waals surface area contributed by atoms with Gasteiger partial charge in [0.2, 0.25) is 5.82 Å². The number of aryl methyl sites for hydroxylation is 1. The van der Waals surface area contributed by atoms with E-state index >= 15 is 0 Å². The zero-order valence-corrected chi connectivity index (χ0v) is 11.4. The van der Waals surface area contributed by atoms with E-state index in [1.807, 2.05) is 0 Å². The van der Waals surface area contributed by atoms with Gasteiger partial charge in [0, 0.05) is 25.4 Å². The van der Waals surface area contributed by atoms with E-state index in [0.29, 0.717) is 24.7 Å². The quantitative estimate of drug-likeness (QED) is 0.558. The topological polar surface area (TPSA) is 88.3 Å². The number of nitrogens with zero attached hydrogens (tertiary/aromatic N) is 2. The highest BCUT2D eigenvalue weighted by molar-refractivity contribution is 5.56. The Morgan fingerprint density at radius 1 is 1.53 bits per heavy atom. The lowest BCUT2D eigenvalue weighted by Crippen LogP contribution is -2.17. The molecule has 6 heteroatoms. The lowest BCUT2D eigenvalue weighted by molar-refractivity contribution is -0.384. The summed E-state index contributed by atoms with van der Waals surface area (Å²) >= 11 is 0. The van der Waals surface area contributed by atoms with Gasteiger partial charge < -0.3 is 10.4 Å². The van der Waals surface area contributed by atoms with Crippen LogP contribution in [0.25, 0.3) is 0 Å². The van der Waals surface area contributed by atoms with Gasteiger partial charge in [-0.1, -0.05) is 13.3 Å². The Hall–Kier alpha value is -1.69. The maximum absolute atomic E-state index is 11.0. The van der Waals surface area contributed by atoms with Crippen LogP contribution in [0.4, 0.5) is 11.5 Å². The average molecular weight is 267 g/mol. The van der Waals surface area contributed by atoms with Gasteiger partial charge in [-0.05, 0) is 31.2 Å². The van der Waals surface area contributed by atoms with Crippen LogP contribution < -0.4 is 5.32 Å². The average Bonchev–Trinajstić information content (AvgIpc) is 2.37. The van der Waals surface area contributed by atoms with Crippen molar-refractivity contribution in [3.8, 4) is 0 Å². The number of anilines is 1. The Bertz CT molecular complexity index is 418. The number of rotatable bonds is 8. The van der Waals surface area contributed by atoms with Crippen LogP contribution in [0.1, 0.15) is 31.7 Å². The number of aromatic nitrogens is 1. The standard InChI is InChI=1S/C13H21N3O3/c1-3-4-11(5-6-17)9-15-13-12(16(18)19)7-10(2)8-14-13/h7-8,11,17H,3-6,9H2,1-2H3,(H,14,15). The second-order valence-corrected chi connectivity index (χ2v) is 4.69. The summed E-state index contributed by atoms with van der Waals surface area (Å²) in [6, 6.07) is 1.51. The number of hydrogen-bond donors (Lipinski definition) is 2. The Balaban J connectivity index is 2.73. The summed E-state index contributed by atoms with van der Waals surface area (Å²) in [6.45, 7) is 4.58. The molecule has 0 aliphatic rings. The molecule has 1 aromatic heterocycles. The zero-order valence-electron chi connectivity index (χ0n) is 11.4. The summed E-state index contributed by atoms with van der Waals surface area (Å²) in [5.41, 5.74) is 0.761. The van der Waals surface area contributed by atoms with Crippen LogP contribution >= 0.6 is 0 Å². The monoisotopic (exact) mass is 267 g/mol. The van der Waals surface area contributed by atoms with E-state index in [0.717, 1.165) is 18.4 Å². The molecule has 0 radical (unpaired) electrons. The first-order valence-electron chi connectivity index (χ1n) is 6.54. The second kappa shape index (κ2) is 7.68. The van der Waals surface area contributed by atoms with Crippen LogP contribution in [0.3, 0.4) is 0 Å². The molecule has 0 aliphatic carbocycles. The molecule has 1 aromatic rings. The van der Waals surface area contributed by atoms with Gasteiger partial charge in [0.1, 0.15) is 0 Å².